The van der Waals surface area contributed by atoms with Crippen LogP contribution in [0.15, 0.2) is 51.8 Å². The maximum absolute atomic E-state index is 13.1. The predicted molar refractivity (Wildman–Crippen MR) is 119 cm³/mol. The molecule has 1 saturated heterocycles. The molecule has 0 aromatic heterocycles. The minimum absolute atomic E-state index is 0.0813. The topological polar surface area (TPSA) is 96.0 Å². The first-order valence-corrected chi connectivity index (χ1v) is 12.2. The van der Waals surface area contributed by atoms with Crippen LogP contribution in [0.2, 0.25) is 0 Å². The minimum Gasteiger partial charge on any atom is -0.478 e. The number of sulfonamides is 1. The normalized spacial score (nSPS) is 19.4. The van der Waals surface area contributed by atoms with E-state index in [9.17, 15) is 18.0 Å². The van der Waals surface area contributed by atoms with Crippen molar-refractivity contribution in [3.63, 3.8) is 0 Å². The van der Waals surface area contributed by atoms with E-state index in [1.807, 2.05) is 6.92 Å². The van der Waals surface area contributed by atoms with Gasteiger partial charge in [-0.15, -0.1) is 0 Å². The quantitative estimate of drug-likeness (QED) is 0.686. The van der Waals surface area contributed by atoms with E-state index >= 15 is 0 Å². The largest absolute Gasteiger partial charge is 0.478 e. The Morgan fingerprint density at radius 1 is 1.13 bits per heavy atom. The van der Waals surface area contributed by atoms with Gasteiger partial charge >= 0.3 is 0 Å². The van der Waals surface area contributed by atoms with Crippen molar-refractivity contribution in [2.45, 2.75) is 24.3 Å². The number of piperazine rings is 1. The summed E-state index contributed by atoms with van der Waals surface area (Å²) in [6, 6.07) is 11.6. The van der Waals surface area contributed by atoms with Gasteiger partial charge in [-0.1, -0.05) is 22.9 Å². The number of nitrogens with one attached hydrogen (secondary N) is 1. The summed E-state index contributed by atoms with van der Waals surface area (Å²) >= 11 is 3.35. The second-order valence-corrected chi connectivity index (χ2v) is 10.2. The second kappa shape index (κ2) is 8.60. The van der Waals surface area contributed by atoms with E-state index < -0.39 is 16.1 Å². The van der Waals surface area contributed by atoms with Crippen molar-refractivity contribution in [2.75, 3.05) is 31.5 Å². The first kappa shape index (κ1) is 21.8. The molecule has 2 heterocycles. The van der Waals surface area contributed by atoms with Crippen LogP contribution in [0.4, 0.5) is 5.69 Å². The van der Waals surface area contributed by atoms with Gasteiger partial charge in [-0.2, -0.15) is 4.31 Å². The van der Waals surface area contributed by atoms with Gasteiger partial charge < -0.3 is 15.0 Å². The molecule has 2 amide bonds. The lowest BCUT2D eigenvalue weighted by atomic mass is 10.2. The molecule has 0 bridgehead atoms. The minimum atomic E-state index is -3.77. The third-order valence-electron chi connectivity index (χ3n) is 5.40. The van der Waals surface area contributed by atoms with Crippen LogP contribution in [-0.2, 0) is 14.8 Å². The molecule has 0 spiro atoms. The molecule has 2 aliphatic heterocycles. The van der Waals surface area contributed by atoms with Gasteiger partial charge in [-0.3, -0.25) is 9.59 Å². The van der Waals surface area contributed by atoms with E-state index in [-0.39, 0.29) is 29.8 Å². The fourth-order valence-electron chi connectivity index (χ4n) is 3.61. The molecule has 1 N–H and O–H groups in total. The highest BCUT2D eigenvalue weighted by atomic mass is 79.9. The number of carbonyl (C=O) groups is 2. The zero-order valence-corrected chi connectivity index (χ0v) is 19.3. The predicted octanol–water partition coefficient (Wildman–Crippen LogP) is 2.71. The number of hydrogen-bond donors (Lipinski definition) is 1. The maximum atomic E-state index is 13.1. The summed E-state index contributed by atoms with van der Waals surface area (Å²) in [6.07, 6.45) is -0.0551. The Morgan fingerprint density at radius 3 is 2.45 bits per heavy atom. The molecule has 31 heavy (non-hydrogen) atoms. The summed E-state index contributed by atoms with van der Waals surface area (Å²) in [6.45, 7) is 2.84. The highest BCUT2D eigenvalue weighted by Crippen LogP contribution is 2.33. The number of rotatable bonds is 4. The third-order valence-corrected chi connectivity index (χ3v) is 7.82. The second-order valence-electron chi connectivity index (χ2n) is 7.37. The summed E-state index contributed by atoms with van der Waals surface area (Å²) in [4.78, 5) is 26.5. The average molecular weight is 508 g/mol. The van der Waals surface area contributed by atoms with Gasteiger partial charge in [0.15, 0.2) is 6.10 Å². The van der Waals surface area contributed by atoms with Crippen molar-refractivity contribution < 1.29 is 22.7 Å². The van der Waals surface area contributed by atoms with Crippen LogP contribution in [0.25, 0.3) is 0 Å². The molecular formula is C21H22BrN3O5S. The molecule has 0 radical (unpaired) electrons. The van der Waals surface area contributed by atoms with Crippen molar-refractivity contribution in [3.05, 3.63) is 52.5 Å². The number of anilines is 1. The molecule has 10 heteroatoms. The summed E-state index contributed by atoms with van der Waals surface area (Å²) in [7, 11) is -3.77. The van der Waals surface area contributed by atoms with Crippen molar-refractivity contribution in [1.29, 1.82) is 0 Å². The van der Waals surface area contributed by atoms with Gasteiger partial charge in [0.2, 0.25) is 10.0 Å². The smallest absolute Gasteiger partial charge is 0.265 e. The Kier molecular flexibility index (Phi) is 6.05. The molecule has 1 fully saturated rings. The van der Waals surface area contributed by atoms with E-state index in [4.69, 9.17) is 4.74 Å². The van der Waals surface area contributed by atoms with Gasteiger partial charge in [0.25, 0.3) is 11.8 Å². The SMILES string of the molecule is CCC1Oc2ccc(S(=O)(=O)N3CCN(C(=O)c4ccc(Br)cc4)CC3)cc2NC1=O. The Bertz CT molecular complexity index is 1110. The molecule has 4 rings (SSSR count). The van der Waals surface area contributed by atoms with Crippen LogP contribution < -0.4 is 10.1 Å². The van der Waals surface area contributed by atoms with Crippen LogP contribution in [0, 0.1) is 0 Å². The van der Waals surface area contributed by atoms with Gasteiger partial charge in [-0.05, 0) is 48.9 Å². The molecule has 0 saturated carbocycles. The van der Waals surface area contributed by atoms with Gasteiger partial charge in [0.1, 0.15) is 5.75 Å². The Labute approximate surface area is 189 Å². The number of amides is 2. The summed E-state index contributed by atoms with van der Waals surface area (Å²) in [5.74, 6) is 0.0450. The highest BCUT2D eigenvalue weighted by molar-refractivity contribution is 9.10. The Morgan fingerprint density at radius 2 is 1.81 bits per heavy atom. The van der Waals surface area contributed by atoms with Crippen LogP contribution in [-0.4, -0.2) is 61.7 Å². The number of nitrogens with zero attached hydrogens (tertiary/aromatic N) is 2. The molecule has 0 aliphatic carbocycles. The van der Waals surface area contributed by atoms with Crippen molar-refractivity contribution in [1.82, 2.24) is 9.21 Å². The number of fused-ring (bicyclic) bond motifs is 1. The van der Waals surface area contributed by atoms with Crippen LogP contribution in [0.3, 0.4) is 0 Å². The Balaban J connectivity index is 1.46. The zero-order chi connectivity index (χ0) is 22.2. The Hall–Kier alpha value is -2.43. The number of ether oxygens (including phenoxy) is 1. The summed E-state index contributed by atoms with van der Waals surface area (Å²) < 4.78 is 34.1. The zero-order valence-electron chi connectivity index (χ0n) is 16.9. The van der Waals surface area contributed by atoms with E-state index in [1.54, 1.807) is 35.2 Å². The molecular weight excluding hydrogens is 486 g/mol. The van der Waals surface area contributed by atoms with Crippen molar-refractivity contribution >= 4 is 43.5 Å². The van der Waals surface area contributed by atoms with Gasteiger partial charge in [0, 0.05) is 36.2 Å². The third kappa shape index (κ3) is 4.32. The molecule has 2 aromatic carbocycles. The number of carbonyl (C=O) groups excluding carboxylic acids is 2. The lowest BCUT2D eigenvalue weighted by Gasteiger charge is -2.34. The number of benzene rings is 2. The standard InChI is InChI=1S/C21H22BrN3O5S/c1-2-18-20(26)23-17-13-16(7-8-19(17)30-18)31(28,29)25-11-9-24(10-12-25)21(27)14-3-5-15(22)6-4-14/h3-8,13,18H,2,9-12H2,1H3,(H,23,26). The van der Waals surface area contributed by atoms with E-state index in [2.05, 4.69) is 21.2 Å². The summed E-state index contributed by atoms with van der Waals surface area (Å²) in [5.41, 5.74) is 0.912. The summed E-state index contributed by atoms with van der Waals surface area (Å²) in [5, 5.41) is 2.72. The first-order valence-electron chi connectivity index (χ1n) is 9.96. The van der Waals surface area contributed by atoms with E-state index in [0.29, 0.717) is 36.5 Å². The maximum Gasteiger partial charge on any atom is 0.265 e. The molecule has 2 aromatic rings. The molecule has 8 nitrogen and oxygen atoms in total. The lowest BCUT2D eigenvalue weighted by molar-refractivity contribution is -0.123. The lowest BCUT2D eigenvalue weighted by Crippen LogP contribution is -2.50. The average Bonchev–Trinajstić information content (AvgIpc) is 2.78. The fourth-order valence-corrected chi connectivity index (χ4v) is 5.33. The van der Waals surface area contributed by atoms with E-state index in [1.165, 1.54) is 16.4 Å². The van der Waals surface area contributed by atoms with E-state index in [0.717, 1.165) is 4.47 Å². The van der Waals surface area contributed by atoms with Gasteiger partial charge in [0.05, 0.1) is 10.6 Å². The van der Waals surface area contributed by atoms with Crippen LogP contribution in [0.5, 0.6) is 5.75 Å². The van der Waals surface area contributed by atoms with Crippen LogP contribution in [0.1, 0.15) is 23.7 Å². The van der Waals surface area contributed by atoms with Crippen LogP contribution >= 0.6 is 15.9 Å². The molecule has 2 aliphatic rings. The first-order chi connectivity index (χ1) is 14.8. The van der Waals surface area contributed by atoms with Gasteiger partial charge in [-0.25, -0.2) is 8.42 Å². The highest BCUT2D eigenvalue weighted by Gasteiger charge is 2.32. The number of halogens is 1. The molecule has 1 unspecified atom stereocenters. The van der Waals surface area contributed by atoms with Crippen molar-refractivity contribution in [2.24, 2.45) is 0 Å². The fraction of sp³-hybridized carbons (Fsp3) is 0.333. The monoisotopic (exact) mass is 507 g/mol. The number of hydrogen-bond acceptors (Lipinski definition) is 5. The van der Waals surface area contributed by atoms with Crippen molar-refractivity contribution in [3.8, 4) is 5.75 Å². The molecule has 1 atom stereocenters. The molecule has 164 valence electrons.